The molecule has 0 fully saturated rings. The highest BCUT2D eigenvalue weighted by atomic mass is 32.2. The zero-order chi connectivity index (χ0) is 12.0. The Hall–Kier alpha value is -0.390. The van der Waals surface area contributed by atoms with E-state index in [2.05, 4.69) is 6.07 Å². The van der Waals surface area contributed by atoms with E-state index in [0.29, 0.717) is 6.42 Å². The Morgan fingerprint density at radius 2 is 2.25 bits per heavy atom. The van der Waals surface area contributed by atoms with Crippen molar-refractivity contribution in [3.8, 4) is 0 Å². The van der Waals surface area contributed by atoms with E-state index < -0.39 is 9.84 Å². The zero-order valence-electron chi connectivity index (χ0n) is 9.56. The molecule has 0 amide bonds. The molecule has 2 N–H and O–H groups in total. The Morgan fingerprint density at radius 1 is 1.50 bits per heavy atom. The van der Waals surface area contributed by atoms with Crippen LogP contribution in [-0.2, 0) is 16.3 Å². The van der Waals surface area contributed by atoms with Gasteiger partial charge in [0.25, 0.3) is 0 Å². The average molecular weight is 261 g/mol. The summed E-state index contributed by atoms with van der Waals surface area (Å²) in [6.07, 6.45) is 2.30. The van der Waals surface area contributed by atoms with Crippen molar-refractivity contribution in [3.05, 3.63) is 22.4 Å². The Bertz CT molecular complexity index is 384. The third kappa shape index (κ3) is 5.09. The highest BCUT2D eigenvalue weighted by molar-refractivity contribution is 7.91. The normalized spacial score (nSPS) is 13.9. The molecule has 1 aromatic rings. The lowest BCUT2D eigenvalue weighted by atomic mass is 10.1. The molecule has 0 saturated carbocycles. The van der Waals surface area contributed by atoms with Gasteiger partial charge in [-0.05, 0) is 30.7 Å². The maximum absolute atomic E-state index is 11.3. The molecule has 1 atom stereocenters. The van der Waals surface area contributed by atoms with Gasteiger partial charge in [0.15, 0.2) is 0 Å². The summed E-state index contributed by atoms with van der Waals surface area (Å²) in [5.74, 6) is 0.495. The van der Waals surface area contributed by atoms with Crippen molar-refractivity contribution in [2.75, 3.05) is 11.5 Å². The highest BCUT2D eigenvalue weighted by Gasteiger charge is 2.10. The van der Waals surface area contributed by atoms with Gasteiger partial charge in [0.2, 0.25) is 0 Å². The first-order valence-electron chi connectivity index (χ1n) is 5.52. The predicted molar refractivity (Wildman–Crippen MR) is 69.6 cm³/mol. The van der Waals surface area contributed by atoms with E-state index in [4.69, 9.17) is 5.73 Å². The SMILES string of the molecule is CCS(=O)(=O)CCCC(N)Cc1cccs1. The number of sulfone groups is 1. The lowest BCUT2D eigenvalue weighted by Crippen LogP contribution is -2.23. The second kappa shape index (κ2) is 6.37. The molecule has 0 bridgehead atoms. The van der Waals surface area contributed by atoms with Gasteiger partial charge in [-0.1, -0.05) is 13.0 Å². The van der Waals surface area contributed by atoms with E-state index in [1.807, 2.05) is 11.4 Å². The van der Waals surface area contributed by atoms with E-state index in [0.717, 1.165) is 12.8 Å². The third-order valence-electron chi connectivity index (χ3n) is 2.51. The van der Waals surface area contributed by atoms with Gasteiger partial charge in [-0.3, -0.25) is 0 Å². The first kappa shape index (κ1) is 13.7. The second-order valence-corrected chi connectivity index (χ2v) is 7.43. The largest absolute Gasteiger partial charge is 0.327 e. The van der Waals surface area contributed by atoms with E-state index in [1.54, 1.807) is 18.3 Å². The number of hydrogen-bond donors (Lipinski definition) is 1. The summed E-state index contributed by atoms with van der Waals surface area (Å²) in [6, 6.07) is 4.15. The molecule has 16 heavy (non-hydrogen) atoms. The van der Waals surface area contributed by atoms with Crippen LogP contribution in [0.2, 0.25) is 0 Å². The maximum Gasteiger partial charge on any atom is 0.150 e. The summed E-state index contributed by atoms with van der Waals surface area (Å²) in [7, 11) is -2.83. The lowest BCUT2D eigenvalue weighted by molar-refractivity contribution is 0.576. The van der Waals surface area contributed by atoms with Gasteiger partial charge >= 0.3 is 0 Å². The van der Waals surface area contributed by atoms with E-state index in [-0.39, 0.29) is 17.5 Å². The Kier molecular flexibility index (Phi) is 5.44. The molecule has 92 valence electrons. The Labute approximate surface area is 102 Å². The molecule has 1 heterocycles. The van der Waals surface area contributed by atoms with Crippen LogP contribution in [0, 0.1) is 0 Å². The molecule has 0 aliphatic heterocycles. The summed E-state index contributed by atoms with van der Waals surface area (Å²) < 4.78 is 22.5. The molecule has 3 nitrogen and oxygen atoms in total. The van der Waals surface area contributed by atoms with Crippen molar-refractivity contribution < 1.29 is 8.42 Å². The summed E-state index contributed by atoms with van der Waals surface area (Å²) in [5, 5.41) is 2.03. The standard InChI is InChI=1S/C11H19NO2S2/c1-2-16(13,14)8-4-5-10(12)9-11-6-3-7-15-11/h3,6-7,10H,2,4-5,8-9,12H2,1H3. The summed E-state index contributed by atoms with van der Waals surface area (Å²) in [4.78, 5) is 1.27. The highest BCUT2D eigenvalue weighted by Crippen LogP contribution is 2.12. The number of nitrogens with two attached hydrogens (primary N) is 1. The van der Waals surface area contributed by atoms with Gasteiger partial charge in [-0.25, -0.2) is 8.42 Å². The van der Waals surface area contributed by atoms with Crippen LogP contribution < -0.4 is 5.73 Å². The molecule has 5 heteroatoms. The van der Waals surface area contributed by atoms with Crippen molar-refractivity contribution in [1.29, 1.82) is 0 Å². The van der Waals surface area contributed by atoms with Crippen molar-refractivity contribution in [1.82, 2.24) is 0 Å². The van der Waals surface area contributed by atoms with Crippen molar-refractivity contribution in [2.45, 2.75) is 32.2 Å². The first-order valence-corrected chi connectivity index (χ1v) is 8.22. The topological polar surface area (TPSA) is 60.2 Å². The summed E-state index contributed by atoms with van der Waals surface area (Å²) in [6.45, 7) is 1.68. The molecule has 0 aromatic carbocycles. The minimum atomic E-state index is -2.83. The molecule has 0 aliphatic rings. The number of thiophene rings is 1. The monoisotopic (exact) mass is 261 g/mol. The minimum Gasteiger partial charge on any atom is -0.327 e. The fraction of sp³-hybridized carbons (Fsp3) is 0.636. The zero-order valence-corrected chi connectivity index (χ0v) is 11.2. The lowest BCUT2D eigenvalue weighted by Gasteiger charge is -2.09. The Morgan fingerprint density at radius 3 is 2.81 bits per heavy atom. The molecular formula is C11H19NO2S2. The van der Waals surface area contributed by atoms with Gasteiger partial charge in [-0.2, -0.15) is 0 Å². The number of hydrogen-bond acceptors (Lipinski definition) is 4. The van der Waals surface area contributed by atoms with Crippen LogP contribution in [0.3, 0.4) is 0 Å². The fourth-order valence-corrected chi connectivity index (χ4v) is 3.19. The first-order chi connectivity index (χ1) is 7.53. The maximum atomic E-state index is 11.3. The van der Waals surface area contributed by atoms with Crippen LogP contribution in [0.4, 0.5) is 0 Å². The van der Waals surface area contributed by atoms with Crippen LogP contribution >= 0.6 is 11.3 Å². The minimum absolute atomic E-state index is 0.0747. The molecular weight excluding hydrogens is 242 g/mol. The molecule has 1 rings (SSSR count). The fourth-order valence-electron chi connectivity index (χ4n) is 1.50. The molecule has 0 spiro atoms. The van der Waals surface area contributed by atoms with Crippen LogP contribution in [0.5, 0.6) is 0 Å². The van der Waals surface area contributed by atoms with Crippen molar-refractivity contribution in [2.24, 2.45) is 5.73 Å². The van der Waals surface area contributed by atoms with E-state index in [1.165, 1.54) is 4.88 Å². The smallest absolute Gasteiger partial charge is 0.150 e. The van der Waals surface area contributed by atoms with E-state index in [9.17, 15) is 8.42 Å². The molecule has 0 radical (unpaired) electrons. The average Bonchev–Trinajstić information content (AvgIpc) is 2.70. The van der Waals surface area contributed by atoms with Crippen LogP contribution in [0.25, 0.3) is 0 Å². The van der Waals surface area contributed by atoms with Crippen molar-refractivity contribution in [3.63, 3.8) is 0 Å². The van der Waals surface area contributed by atoms with Crippen LogP contribution in [0.1, 0.15) is 24.6 Å². The quantitative estimate of drug-likeness (QED) is 0.814. The van der Waals surface area contributed by atoms with Crippen LogP contribution in [0.15, 0.2) is 17.5 Å². The summed E-state index contributed by atoms with van der Waals surface area (Å²) in [5.41, 5.74) is 5.95. The summed E-state index contributed by atoms with van der Waals surface area (Å²) >= 11 is 1.70. The van der Waals surface area contributed by atoms with Crippen molar-refractivity contribution >= 4 is 21.2 Å². The van der Waals surface area contributed by atoms with Gasteiger partial charge in [0.1, 0.15) is 9.84 Å². The Balaban J connectivity index is 2.23. The third-order valence-corrected chi connectivity index (χ3v) is 5.20. The molecule has 1 aromatic heterocycles. The van der Waals surface area contributed by atoms with Gasteiger partial charge < -0.3 is 5.73 Å². The molecule has 0 aliphatic carbocycles. The van der Waals surface area contributed by atoms with Gasteiger partial charge in [-0.15, -0.1) is 11.3 Å². The van der Waals surface area contributed by atoms with Gasteiger partial charge in [0, 0.05) is 16.7 Å². The predicted octanol–water partition coefficient (Wildman–Crippen LogP) is 1.83. The second-order valence-electron chi connectivity index (χ2n) is 3.92. The molecule has 0 saturated heterocycles. The number of rotatable bonds is 7. The van der Waals surface area contributed by atoms with E-state index >= 15 is 0 Å². The van der Waals surface area contributed by atoms with Gasteiger partial charge in [0.05, 0.1) is 5.75 Å². The molecule has 1 unspecified atom stereocenters. The van der Waals surface area contributed by atoms with Crippen LogP contribution in [-0.4, -0.2) is 26.0 Å².